The number of ketones is 1. The zero-order chi connectivity index (χ0) is 26.8. The zero-order valence-corrected chi connectivity index (χ0v) is 23.6. The molecule has 1 N–H and O–H groups in total. The molecule has 4 aliphatic carbocycles. The molecule has 0 aliphatic heterocycles. The number of rotatable bonds is 4. The molecule has 0 heterocycles. The van der Waals surface area contributed by atoms with Crippen LogP contribution in [-0.4, -0.2) is 44.7 Å². The van der Waals surface area contributed by atoms with Gasteiger partial charge < -0.3 is 14.9 Å². The number of nitrogens with zero attached hydrogens (tertiary/aromatic N) is 2. The number of allylic oxidation sites excluding steroid dienone is 3. The summed E-state index contributed by atoms with van der Waals surface area (Å²) in [6.45, 7) is 2.51. The van der Waals surface area contributed by atoms with Crippen molar-refractivity contribution in [2.24, 2.45) is 17.3 Å². The fraction of sp³-hybridized carbons (Fsp3) is 0.500. The van der Waals surface area contributed by atoms with Gasteiger partial charge in [-0.15, -0.1) is 0 Å². The van der Waals surface area contributed by atoms with E-state index < -0.39 is 5.60 Å². The van der Waals surface area contributed by atoms with Gasteiger partial charge in [0.1, 0.15) is 5.78 Å². The number of anilines is 2. The summed E-state index contributed by atoms with van der Waals surface area (Å²) in [5.41, 5.74) is 6.98. The largest absolute Gasteiger partial charge is 0.385 e. The molecule has 4 heteroatoms. The molecule has 0 amide bonds. The van der Waals surface area contributed by atoms with E-state index in [4.69, 9.17) is 0 Å². The summed E-state index contributed by atoms with van der Waals surface area (Å²) in [4.78, 5) is 16.7. The predicted molar refractivity (Wildman–Crippen MR) is 156 cm³/mol. The predicted octanol–water partition coefficient (Wildman–Crippen LogP) is 6.47. The molecule has 2 saturated carbocycles. The van der Waals surface area contributed by atoms with E-state index in [1.165, 1.54) is 33.6 Å². The van der Waals surface area contributed by atoms with E-state index >= 15 is 0 Å². The third-order valence-electron chi connectivity index (χ3n) is 10.3. The van der Waals surface area contributed by atoms with Gasteiger partial charge in [0.25, 0.3) is 0 Å². The molecule has 38 heavy (non-hydrogen) atoms. The van der Waals surface area contributed by atoms with Crippen molar-refractivity contribution in [2.45, 2.75) is 62.9 Å². The minimum absolute atomic E-state index is 0.0964. The standard InChI is InChI=1S/C34H42N2O2/c1-33-21-28(22-6-10-24(11-7-22)35(2)3)32-27(18-19-34(38)20-26(37)14-15-31(32)34)30(33)17-16-29(33)23-8-12-25(13-9-23)36(4)5/h6-13,16-17,27-30,38H,14-15,18-21H2,1-5H3/t27-,28+,29?,30-,33+,34+/m0/s1. The highest BCUT2D eigenvalue weighted by Gasteiger charge is 2.57. The Morgan fingerprint density at radius 3 is 2.05 bits per heavy atom. The van der Waals surface area contributed by atoms with Crippen LogP contribution in [0.25, 0.3) is 0 Å². The summed E-state index contributed by atoms with van der Waals surface area (Å²) in [7, 11) is 8.34. The first-order chi connectivity index (χ1) is 18.1. The molecule has 4 nitrogen and oxygen atoms in total. The molecule has 4 aliphatic rings. The van der Waals surface area contributed by atoms with Crippen molar-refractivity contribution in [3.63, 3.8) is 0 Å². The Morgan fingerprint density at radius 2 is 1.45 bits per heavy atom. The molecule has 2 fully saturated rings. The Labute approximate surface area is 228 Å². The van der Waals surface area contributed by atoms with Gasteiger partial charge in [0.15, 0.2) is 0 Å². The first-order valence-corrected chi connectivity index (χ1v) is 14.3. The summed E-state index contributed by atoms with van der Waals surface area (Å²) >= 11 is 0. The second-order valence-corrected chi connectivity index (χ2v) is 12.9. The number of carbonyl (C=O) groups is 1. The van der Waals surface area contributed by atoms with Crippen molar-refractivity contribution < 1.29 is 9.90 Å². The van der Waals surface area contributed by atoms with Crippen LogP contribution < -0.4 is 9.80 Å². The van der Waals surface area contributed by atoms with E-state index in [9.17, 15) is 9.90 Å². The van der Waals surface area contributed by atoms with Crippen LogP contribution in [0.1, 0.15) is 68.4 Å². The molecular weight excluding hydrogens is 468 g/mol. The SMILES string of the molecule is CN(C)c1ccc(C2C=C[C@H]3[C@@H]4CC[C@@]5(O)CC(=O)CCC5=C4[C@@H](c4ccc(N(C)C)cc4)C[C@]23C)cc1. The third-order valence-corrected chi connectivity index (χ3v) is 10.3. The topological polar surface area (TPSA) is 43.8 Å². The van der Waals surface area contributed by atoms with E-state index in [0.29, 0.717) is 37.0 Å². The molecule has 6 atom stereocenters. The lowest BCUT2D eigenvalue weighted by Gasteiger charge is -2.55. The fourth-order valence-electron chi connectivity index (χ4n) is 8.34. The van der Waals surface area contributed by atoms with Crippen LogP contribution in [0, 0.1) is 17.3 Å². The fourth-order valence-corrected chi connectivity index (χ4v) is 8.34. The van der Waals surface area contributed by atoms with E-state index in [1.54, 1.807) is 0 Å². The van der Waals surface area contributed by atoms with Gasteiger partial charge in [-0.1, -0.05) is 48.9 Å². The lowest BCUT2D eigenvalue weighted by atomic mass is 9.50. The van der Waals surface area contributed by atoms with Gasteiger partial charge in [-0.25, -0.2) is 0 Å². The van der Waals surface area contributed by atoms with Gasteiger partial charge in [-0.05, 0) is 83.9 Å². The lowest BCUT2D eigenvalue weighted by molar-refractivity contribution is -0.125. The second kappa shape index (κ2) is 9.12. The van der Waals surface area contributed by atoms with E-state index in [1.807, 2.05) is 0 Å². The van der Waals surface area contributed by atoms with Crippen LogP contribution in [0.2, 0.25) is 0 Å². The average Bonchev–Trinajstić information content (AvgIpc) is 3.24. The van der Waals surface area contributed by atoms with Crippen molar-refractivity contribution in [2.75, 3.05) is 38.0 Å². The molecule has 0 spiro atoms. The smallest absolute Gasteiger partial charge is 0.136 e. The molecule has 0 aromatic heterocycles. The molecule has 2 aromatic rings. The Morgan fingerprint density at radius 1 is 0.842 bits per heavy atom. The molecule has 0 bridgehead atoms. The molecule has 6 rings (SSSR count). The van der Waals surface area contributed by atoms with Crippen LogP contribution in [0.5, 0.6) is 0 Å². The van der Waals surface area contributed by atoms with Crippen molar-refractivity contribution in [1.82, 2.24) is 0 Å². The van der Waals surface area contributed by atoms with Crippen molar-refractivity contribution in [3.05, 3.63) is 83.0 Å². The van der Waals surface area contributed by atoms with Crippen molar-refractivity contribution in [1.29, 1.82) is 0 Å². The molecule has 0 saturated heterocycles. The first kappa shape index (κ1) is 25.4. The summed E-state index contributed by atoms with van der Waals surface area (Å²) in [6, 6.07) is 18.2. The van der Waals surface area contributed by atoms with Crippen LogP contribution in [0.3, 0.4) is 0 Å². The highest BCUT2D eigenvalue weighted by molar-refractivity contribution is 5.82. The Hall–Kier alpha value is -2.85. The minimum Gasteiger partial charge on any atom is -0.385 e. The Balaban J connectivity index is 1.45. The number of hydrogen-bond acceptors (Lipinski definition) is 4. The normalized spacial score (nSPS) is 34.0. The number of Topliss-reactive ketones (excluding diaryl/α,β-unsaturated/α-hetero) is 1. The van der Waals surface area contributed by atoms with Gasteiger partial charge in [0.2, 0.25) is 0 Å². The van der Waals surface area contributed by atoms with Crippen molar-refractivity contribution >= 4 is 17.2 Å². The molecule has 0 radical (unpaired) electrons. The van der Waals surface area contributed by atoms with Gasteiger partial charge in [0, 0.05) is 64.2 Å². The van der Waals surface area contributed by atoms with Gasteiger partial charge in [-0.2, -0.15) is 0 Å². The van der Waals surface area contributed by atoms with E-state index in [2.05, 4.69) is 106 Å². The number of carbonyl (C=O) groups excluding carboxylic acids is 1. The maximum Gasteiger partial charge on any atom is 0.136 e. The quantitative estimate of drug-likeness (QED) is 0.479. The minimum atomic E-state index is -0.944. The second-order valence-electron chi connectivity index (χ2n) is 12.9. The van der Waals surface area contributed by atoms with Crippen LogP contribution in [0.15, 0.2) is 71.8 Å². The van der Waals surface area contributed by atoms with Gasteiger partial charge in [0.05, 0.1) is 5.60 Å². The van der Waals surface area contributed by atoms with Gasteiger partial charge in [-0.3, -0.25) is 4.79 Å². The van der Waals surface area contributed by atoms with Crippen molar-refractivity contribution in [3.8, 4) is 0 Å². The van der Waals surface area contributed by atoms with Gasteiger partial charge >= 0.3 is 0 Å². The summed E-state index contributed by atoms with van der Waals surface area (Å²) in [6.07, 6.45) is 9.26. The number of aliphatic hydroxyl groups is 1. The monoisotopic (exact) mass is 510 g/mol. The number of fused-ring (bicyclic) bond motifs is 4. The van der Waals surface area contributed by atoms with E-state index in [-0.39, 0.29) is 17.1 Å². The lowest BCUT2D eigenvalue weighted by Crippen LogP contribution is -2.49. The summed E-state index contributed by atoms with van der Waals surface area (Å²) < 4.78 is 0. The third kappa shape index (κ3) is 3.95. The van der Waals surface area contributed by atoms with Crippen LogP contribution in [-0.2, 0) is 4.79 Å². The first-order valence-electron chi connectivity index (χ1n) is 14.3. The summed E-state index contributed by atoms with van der Waals surface area (Å²) in [5.74, 6) is 1.70. The Bertz CT molecular complexity index is 1290. The molecule has 1 unspecified atom stereocenters. The van der Waals surface area contributed by atoms with Crippen LogP contribution >= 0.6 is 0 Å². The maximum absolute atomic E-state index is 12.4. The van der Waals surface area contributed by atoms with Crippen LogP contribution in [0.4, 0.5) is 11.4 Å². The Kier molecular flexibility index (Phi) is 6.10. The summed E-state index contributed by atoms with van der Waals surface area (Å²) in [5, 5.41) is 11.8. The maximum atomic E-state index is 12.4. The number of benzene rings is 2. The molecular formula is C34H42N2O2. The molecule has 200 valence electrons. The highest BCUT2D eigenvalue weighted by atomic mass is 16.3. The zero-order valence-electron chi connectivity index (χ0n) is 23.6. The molecule has 2 aromatic carbocycles. The van der Waals surface area contributed by atoms with E-state index in [0.717, 1.165) is 19.3 Å². The number of hydrogen-bond donors (Lipinski definition) is 1. The highest BCUT2D eigenvalue weighted by Crippen LogP contribution is 2.66. The average molecular weight is 511 g/mol.